The summed E-state index contributed by atoms with van der Waals surface area (Å²) in [6, 6.07) is 11.0. The molecule has 2 rings (SSSR count). The zero-order valence-corrected chi connectivity index (χ0v) is 14.8. The molecule has 2 aromatic rings. The van der Waals surface area contributed by atoms with E-state index in [1.54, 1.807) is 6.92 Å². The zero-order valence-electron chi connectivity index (χ0n) is 14.8. The molecule has 0 heterocycles. The molecule has 7 heteroatoms. The number of hydrogen-bond donors (Lipinski definition) is 1. The predicted octanol–water partition coefficient (Wildman–Crippen LogP) is 3.25. The van der Waals surface area contributed by atoms with Gasteiger partial charge in [-0.2, -0.15) is 0 Å². The van der Waals surface area contributed by atoms with Crippen LogP contribution in [0.15, 0.2) is 42.5 Å². The van der Waals surface area contributed by atoms with Crippen LogP contribution >= 0.6 is 0 Å². The van der Waals surface area contributed by atoms with Crippen LogP contribution in [0.25, 0.3) is 0 Å². The van der Waals surface area contributed by atoms with Crippen molar-refractivity contribution in [2.75, 3.05) is 7.11 Å². The molecule has 0 fully saturated rings. The number of nitrogens with one attached hydrogen (secondary N) is 1. The van der Waals surface area contributed by atoms with Crippen LogP contribution in [-0.2, 0) is 9.53 Å². The molecule has 0 spiro atoms. The number of nitro benzene ring substituents is 1. The molecule has 1 atom stereocenters. The first-order chi connectivity index (χ1) is 12.3. The lowest BCUT2D eigenvalue weighted by Gasteiger charge is -2.18. The third-order valence-electron chi connectivity index (χ3n) is 4.04. The van der Waals surface area contributed by atoms with Gasteiger partial charge < -0.3 is 10.1 Å². The lowest BCUT2D eigenvalue weighted by molar-refractivity contribution is -0.385. The third-order valence-corrected chi connectivity index (χ3v) is 4.04. The minimum absolute atomic E-state index is 0.0166. The van der Waals surface area contributed by atoms with Gasteiger partial charge in [-0.25, -0.2) is 0 Å². The monoisotopic (exact) mass is 356 g/mol. The molecule has 0 saturated heterocycles. The van der Waals surface area contributed by atoms with E-state index in [4.69, 9.17) is 4.74 Å². The molecule has 26 heavy (non-hydrogen) atoms. The number of hydrogen-bond acceptors (Lipinski definition) is 5. The highest BCUT2D eigenvalue weighted by atomic mass is 16.6. The van der Waals surface area contributed by atoms with Crippen molar-refractivity contribution < 1.29 is 19.2 Å². The lowest BCUT2D eigenvalue weighted by Crippen LogP contribution is -2.30. The quantitative estimate of drug-likeness (QED) is 0.487. The molecule has 136 valence electrons. The van der Waals surface area contributed by atoms with Crippen molar-refractivity contribution in [1.82, 2.24) is 5.32 Å². The molecule has 0 bridgehead atoms. The van der Waals surface area contributed by atoms with Crippen molar-refractivity contribution in [3.8, 4) is 0 Å². The fourth-order valence-electron chi connectivity index (χ4n) is 2.54. The SMILES string of the molecule is COC(=O)C[C@@H](NC(=O)c1ccc([N+](=O)[O-])c(C)c1)c1ccc(C)cc1. The molecule has 0 saturated carbocycles. The Bertz CT molecular complexity index is 830. The van der Waals surface area contributed by atoms with E-state index >= 15 is 0 Å². The Morgan fingerprint density at radius 3 is 2.35 bits per heavy atom. The average molecular weight is 356 g/mol. The minimum atomic E-state index is -0.564. The minimum Gasteiger partial charge on any atom is -0.469 e. The number of methoxy groups -OCH3 is 1. The number of benzene rings is 2. The summed E-state index contributed by atoms with van der Waals surface area (Å²) in [5, 5.41) is 13.7. The highest BCUT2D eigenvalue weighted by Crippen LogP contribution is 2.21. The van der Waals surface area contributed by atoms with Gasteiger partial charge in [0.1, 0.15) is 0 Å². The van der Waals surface area contributed by atoms with Crippen molar-refractivity contribution >= 4 is 17.6 Å². The van der Waals surface area contributed by atoms with Crippen LogP contribution in [0.1, 0.15) is 39.5 Å². The van der Waals surface area contributed by atoms with E-state index in [1.807, 2.05) is 31.2 Å². The first kappa shape index (κ1) is 19.1. The number of ether oxygens (including phenoxy) is 1. The smallest absolute Gasteiger partial charge is 0.307 e. The van der Waals surface area contributed by atoms with Gasteiger partial charge in [0.2, 0.25) is 0 Å². The molecule has 0 radical (unpaired) electrons. The van der Waals surface area contributed by atoms with Crippen molar-refractivity contribution in [3.05, 3.63) is 74.8 Å². The second-order valence-corrected chi connectivity index (χ2v) is 5.98. The normalized spacial score (nSPS) is 11.5. The van der Waals surface area contributed by atoms with Crippen LogP contribution in [0.4, 0.5) is 5.69 Å². The maximum atomic E-state index is 12.6. The van der Waals surface area contributed by atoms with Crippen LogP contribution < -0.4 is 5.32 Å². The summed E-state index contributed by atoms with van der Waals surface area (Å²) in [5.41, 5.74) is 2.46. The fourth-order valence-corrected chi connectivity index (χ4v) is 2.54. The molecular weight excluding hydrogens is 336 g/mol. The van der Waals surface area contributed by atoms with Gasteiger partial charge in [0.05, 0.1) is 24.5 Å². The number of nitro groups is 1. The van der Waals surface area contributed by atoms with E-state index in [-0.39, 0.29) is 17.7 Å². The first-order valence-electron chi connectivity index (χ1n) is 8.01. The molecule has 2 aromatic carbocycles. The van der Waals surface area contributed by atoms with Crippen LogP contribution in [0, 0.1) is 24.0 Å². The molecular formula is C19H20N2O5. The number of carbonyl (C=O) groups excluding carboxylic acids is 2. The summed E-state index contributed by atoms with van der Waals surface area (Å²) in [6.45, 7) is 3.51. The molecule has 1 amide bonds. The van der Waals surface area contributed by atoms with E-state index in [9.17, 15) is 19.7 Å². The Balaban J connectivity index is 2.25. The summed E-state index contributed by atoms with van der Waals surface area (Å²) >= 11 is 0. The van der Waals surface area contributed by atoms with Gasteiger partial charge in [0.15, 0.2) is 0 Å². The van der Waals surface area contributed by atoms with E-state index in [0.29, 0.717) is 5.56 Å². The third kappa shape index (κ3) is 4.66. The molecule has 1 N–H and O–H groups in total. The van der Waals surface area contributed by atoms with E-state index < -0.39 is 22.8 Å². The highest BCUT2D eigenvalue weighted by molar-refractivity contribution is 5.95. The Morgan fingerprint density at radius 1 is 1.15 bits per heavy atom. The molecule has 0 unspecified atom stereocenters. The van der Waals surface area contributed by atoms with Gasteiger partial charge in [-0.05, 0) is 31.5 Å². The summed E-state index contributed by atoms with van der Waals surface area (Å²) in [5.74, 6) is -0.867. The second-order valence-electron chi connectivity index (χ2n) is 5.98. The molecule has 7 nitrogen and oxygen atoms in total. The number of nitrogens with zero attached hydrogens (tertiary/aromatic N) is 1. The summed E-state index contributed by atoms with van der Waals surface area (Å²) in [7, 11) is 1.29. The van der Waals surface area contributed by atoms with Gasteiger partial charge in [0.25, 0.3) is 11.6 Å². The molecule has 0 aromatic heterocycles. The van der Waals surface area contributed by atoms with Crippen LogP contribution in [0.5, 0.6) is 0 Å². The van der Waals surface area contributed by atoms with E-state index in [0.717, 1.165) is 11.1 Å². The van der Waals surface area contributed by atoms with E-state index in [2.05, 4.69) is 5.32 Å². The Kier molecular flexibility index (Phi) is 6.06. The number of rotatable bonds is 6. The van der Waals surface area contributed by atoms with Gasteiger partial charge in [-0.3, -0.25) is 19.7 Å². The van der Waals surface area contributed by atoms with Crippen molar-refractivity contribution in [2.45, 2.75) is 26.3 Å². The fraction of sp³-hybridized carbons (Fsp3) is 0.263. The van der Waals surface area contributed by atoms with Crippen LogP contribution in [0.2, 0.25) is 0 Å². The van der Waals surface area contributed by atoms with Crippen molar-refractivity contribution in [2.24, 2.45) is 0 Å². The van der Waals surface area contributed by atoms with Crippen LogP contribution in [-0.4, -0.2) is 23.9 Å². The maximum absolute atomic E-state index is 12.6. The van der Waals surface area contributed by atoms with Gasteiger partial charge in [0, 0.05) is 17.2 Å². The van der Waals surface area contributed by atoms with E-state index in [1.165, 1.54) is 25.3 Å². The van der Waals surface area contributed by atoms with Crippen molar-refractivity contribution in [1.29, 1.82) is 0 Å². The second kappa shape index (κ2) is 8.24. The lowest BCUT2D eigenvalue weighted by atomic mass is 10.0. The number of aryl methyl sites for hydroxylation is 2. The largest absolute Gasteiger partial charge is 0.469 e. The summed E-state index contributed by atoms with van der Waals surface area (Å²) in [4.78, 5) is 34.7. The Hall–Kier alpha value is -3.22. The number of carbonyl (C=O) groups is 2. The average Bonchev–Trinajstić information content (AvgIpc) is 2.61. The molecule has 0 aliphatic carbocycles. The summed E-state index contributed by atoms with van der Waals surface area (Å²) in [6.07, 6.45) is -0.0166. The number of amides is 1. The Labute approximate surface area is 151 Å². The van der Waals surface area contributed by atoms with Gasteiger partial charge in [-0.1, -0.05) is 29.8 Å². The standard InChI is InChI=1S/C19H20N2O5/c1-12-4-6-14(7-5-12)16(11-18(22)26-3)20-19(23)15-8-9-17(21(24)25)13(2)10-15/h4-10,16H,11H2,1-3H3,(H,20,23)/t16-/m1/s1. The maximum Gasteiger partial charge on any atom is 0.307 e. The molecule has 0 aliphatic rings. The topological polar surface area (TPSA) is 98.5 Å². The summed E-state index contributed by atoms with van der Waals surface area (Å²) < 4.78 is 4.71. The van der Waals surface area contributed by atoms with Gasteiger partial charge >= 0.3 is 5.97 Å². The highest BCUT2D eigenvalue weighted by Gasteiger charge is 2.21. The van der Waals surface area contributed by atoms with Gasteiger partial charge in [-0.15, -0.1) is 0 Å². The first-order valence-corrected chi connectivity index (χ1v) is 8.01. The van der Waals surface area contributed by atoms with Crippen LogP contribution in [0.3, 0.4) is 0 Å². The number of esters is 1. The molecule has 0 aliphatic heterocycles. The Morgan fingerprint density at radius 2 is 1.81 bits per heavy atom. The zero-order chi connectivity index (χ0) is 19.3. The predicted molar refractivity (Wildman–Crippen MR) is 95.9 cm³/mol. The van der Waals surface area contributed by atoms with Crippen molar-refractivity contribution in [3.63, 3.8) is 0 Å².